The number of amides is 1. The van der Waals surface area contributed by atoms with Crippen LogP contribution in [0.15, 0.2) is 46.9 Å². The van der Waals surface area contributed by atoms with Gasteiger partial charge in [0.25, 0.3) is 5.91 Å². The average molecular weight is 473 g/mol. The number of piperidine rings is 1. The van der Waals surface area contributed by atoms with Crippen molar-refractivity contribution in [3.63, 3.8) is 0 Å². The van der Waals surface area contributed by atoms with Gasteiger partial charge in [-0.25, -0.2) is 4.98 Å². The zero-order valence-electron chi connectivity index (χ0n) is 17.2. The Morgan fingerprint density at radius 1 is 1.16 bits per heavy atom. The molecule has 0 bridgehead atoms. The Morgan fingerprint density at radius 2 is 1.88 bits per heavy atom. The molecule has 1 amide bonds. The fourth-order valence-corrected chi connectivity index (χ4v) is 4.29. The van der Waals surface area contributed by atoms with Crippen molar-refractivity contribution >= 4 is 46.5 Å². The molecule has 0 spiro atoms. The van der Waals surface area contributed by atoms with E-state index in [0.29, 0.717) is 39.2 Å². The maximum Gasteiger partial charge on any atom is 0.273 e. The van der Waals surface area contributed by atoms with Crippen LogP contribution in [0.2, 0.25) is 10.0 Å². The summed E-state index contributed by atoms with van der Waals surface area (Å²) < 4.78 is 5.74. The first kappa shape index (κ1) is 22.3. The summed E-state index contributed by atoms with van der Waals surface area (Å²) in [6, 6.07) is 11.9. The number of carbonyl (C=O) groups excluding carboxylic acids is 2. The van der Waals surface area contributed by atoms with Crippen LogP contribution in [0.25, 0.3) is 11.5 Å². The molecule has 1 aliphatic rings. The van der Waals surface area contributed by atoms with Gasteiger partial charge in [-0.3, -0.25) is 9.59 Å². The standard InChI is InChI=1S/C23H22Cl2N4O3/c24-16-4-1-5-17(25)19(16)22-29-20(21(26)31)23(32-22)28-15-8-6-14(7-9-15)18(30)11-13-3-2-10-27-12-13/h1,4-9,13,27-28H,2-3,10-12H2,(H2,26,31)/t13-/m0/s1. The number of nitrogens with zero attached hydrogens (tertiary/aromatic N) is 1. The van der Waals surface area contributed by atoms with Gasteiger partial charge in [-0.1, -0.05) is 29.3 Å². The zero-order chi connectivity index (χ0) is 22.7. The summed E-state index contributed by atoms with van der Waals surface area (Å²) in [5.41, 5.74) is 7.00. The topological polar surface area (TPSA) is 110 Å². The Hall–Kier alpha value is -2.87. The lowest BCUT2D eigenvalue weighted by molar-refractivity contribution is 0.0952. The molecular weight excluding hydrogens is 451 g/mol. The molecule has 1 aliphatic heterocycles. The van der Waals surface area contributed by atoms with Crippen molar-refractivity contribution in [1.82, 2.24) is 10.3 Å². The predicted octanol–water partition coefficient (Wildman–Crippen LogP) is 5.06. The van der Waals surface area contributed by atoms with Gasteiger partial charge in [0.1, 0.15) is 0 Å². The van der Waals surface area contributed by atoms with Gasteiger partial charge >= 0.3 is 0 Å². The number of carbonyl (C=O) groups is 2. The molecule has 4 rings (SSSR count). The van der Waals surface area contributed by atoms with E-state index < -0.39 is 5.91 Å². The summed E-state index contributed by atoms with van der Waals surface area (Å²) >= 11 is 12.5. The van der Waals surface area contributed by atoms with Crippen LogP contribution in [-0.4, -0.2) is 29.8 Å². The van der Waals surface area contributed by atoms with Crippen LogP contribution in [0.1, 0.15) is 40.1 Å². The fraction of sp³-hybridized carbons (Fsp3) is 0.261. The summed E-state index contributed by atoms with van der Waals surface area (Å²) in [7, 11) is 0. The number of ketones is 1. The second-order valence-corrected chi connectivity index (χ2v) is 8.51. The summed E-state index contributed by atoms with van der Waals surface area (Å²) in [5, 5.41) is 6.99. The molecule has 0 saturated carbocycles. The van der Waals surface area contributed by atoms with Gasteiger partial charge in [0.05, 0.1) is 15.6 Å². The number of halogens is 2. The van der Waals surface area contributed by atoms with E-state index in [1.54, 1.807) is 42.5 Å². The van der Waals surface area contributed by atoms with E-state index in [9.17, 15) is 9.59 Å². The van der Waals surface area contributed by atoms with E-state index in [4.69, 9.17) is 33.4 Å². The molecule has 0 radical (unpaired) electrons. The molecule has 1 atom stereocenters. The van der Waals surface area contributed by atoms with Crippen molar-refractivity contribution in [3.05, 3.63) is 63.8 Å². The maximum atomic E-state index is 12.6. The third-order valence-corrected chi connectivity index (χ3v) is 6.00. The fourth-order valence-electron chi connectivity index (χ4n) is 3.73. The highest BCUT2D eigenvalue weighted by Crippen LogP contribution is 2.36. The molecule has 7 nitrogen and oxygen atoms in total. The molecule has 1 aromatic heterocycles. The summed E-state index contributed by atoms with van der Waals surface area (Å²) in [6.07, 6.45) is 2.69. The first-order valence-corrected chi connectivity index (χ1v) is 11.0. The van der Waals surface area contributed by atoms with E-state index in [1.807, 2.05) is 0 Å². The molecule has 166 valence electrons. The summed E-state index contributed by atoms with van der Waals surface area (Å²) in [4.78, 5) is 28.7. The molecule has 9 heteroatoms. The molecule has 0 unspecified atom stereocenters. The lowest BCUT2D eigenvalue weighted by Crippen LogP contribution is -2.31. The van der Waals surface area contributed by atoms with Gasteiger partial charge < -0.3 is 20.8 Å². The second kappa shape index (κ2) is 9.73. The van der Waals surface area contributed by atoms with E-state index in [1.165, 1.54) is 0 Å². The van der Waals surface area contributed by atoms with E-state index >= 15 is 0 Å². The van der Waals surface area contributed by atoms with Gasteiger partial charge in [-0.05, 0) is 68.2 Å². The van der Waals surface area contributed by atoms with Crippen LogP contribution in [-0.2, 0) is 0 Å². The summed E-state index contributed by atoms with van der Waals surface area (Å²) in [6.45, 7) is 1.90. The second-order valence-electron chi connectivity index (χ2n) is 7.70. The van der Waals surface area contributed by atoms with Crippen LogP contribution in [0.4, 0.5) is 11.6 Å². The quantitative estimate of drug-likeness (QED) is 0.414. The number of nitrogens with one attached hydrogen (secondary N) is 2. The molecule has 1 saturated heterocycles. The van der Waals surface area contributed by atoms with Crippen molar-refractivity contribution in [2.45, 2.75) is 19.3 Å². The highest BCUT2D eigenvalue weighted by atomic mass is 35.5. The third-order valence-electron chi connectivity index (χ3n) is 5.37. The normalized spacial score (nSPS) is 16.0. The van der Waals surface area contributed by atoms with Gasteiger partial charge in [0, 0.05) is 17.7 Å². The Labute approximate surface area is 195 Å². The summed E-state index contributed by atoms with van der Waals surface area (Å²) in [5.74, 6) is -0.144. The Kier molecular flexibility index (Phi) is 6.79. The number of hydrogen-bond donors (Lipinski definition) is 3. The maximum absolute atomic E-state index is 12.6. The van der Waals surface area contributed by atoms with Crippen molar-refractivity contribution in [3.8, 4) is 11.5 Å². The number of oxazole rings is 1. The van der Waals surface area contributed by atoms with E-state index in [2.05, 4.69) is 15.6 Å². The highest BCUT2D eigenvalue weighted by Gasteiger charge is 2.23. The van der Waals surface area contributed by atoms with E-state index in [-0.39, 0.29) is 23.3 Å². The first-order valence-electron chi connectivity index (χ1n) is 10.3. The monoisotopic (exact) mass is 472 g/mol. The number of Topliss-reactive ketones (excluding diaryl/α,β-unsaturated/α-hetero) is 1. The minimum absolute atomic E-state index is 0.0656. The first-order chi connectivity index (χ1) is 15.4. The van der Waals surface area contributed by atoms with Crippen molar-refractivity contribution in [1.29, 1.82) is 0 Å². The molecule has 0 aliphatic carbocycles. The number of aromatic nitrogens is 1. The number of hydrogen-bond acceptors (Lipinski definition) is 6. The lowest BCUT2D eigenvalue weighted by atomic mass is 9.92. The smallest absolute Gasteiger partial charge is 0.273 e. The Balaban J connectivity index is 1.53. The van der Waals surface area contributed by atoms with Crippen LogP contribution >= 0.6 is 23.2 Å². The average Bonchev–Trinajstić information content (AvgIpc) is 3.18. The number of benzene rings is 2. The molecule has 2 aromatic carbocycles. The van der Waals surface area contributed by atoms with Crippen LogP contribution in [0, 0.1) is 5.92 Å². The van der Waals surface area contributed by atoms with Gasteiger partial charge in [-0.2, -0.15) is 0 Å². The third kappa shape index (κ3) is 4.96. The number of primary amides is 1. The van der Waals surface area contributed by atoms with Crippen LogP contribution in [0.5, 0.6) is 0 Å². The van der Waals surface area contributed by atoms with Crippen molar-refractivity contribution in [2.24, 2.45) is 11.7 Å². The van der Waals surface area contributed by atoms with Crippen LogP contribution < -0.4 is 16.4 Å². The van der Waals surface area contributed by atoms with Crippen molar-refractivity contribution in [2.75, 3.05) is 18.4 Å². The Bertz CT molecular complexity index is 1120. The van der Waals surface area contributed by atoms with E-state index in [0.717, 1.165) is 25.9 Å². The zero-order valence-corrected chi connectivity index (χ0v) is 18.7. The van der Waals surface area contributed by atoms with Gasteiger partial charge in [-0.15, -0.1) is 0 Å². The van der Waals surface area contributed by atoms with Crippen molar-refractivity contribution < 1.29 is 14.0 Å². The van der Waals surface area contributed by atoms with Crippen LogP contribution in [0.3, 0.4) is 0 Å². The largest absolute Gasteiger partial charge is 0.419 e. The minimum Gasteiger partial charge on any atom is -0.419 e. The predicted molar refractivity (Wildman–Crippen MR) is 125 cm³/mol. The lowest BCUT2D eigenvalue weighted by Gasteiger charge is -2.21. The molecule has 1 fully saturated rings. The molecule has 32 heavy (non-hydrogen) atoms. The molecular formula is C23H22Cl2N4O3. The Morgan fingerprint density at radius 3 is 2.50 bits per heavy atom. The highest BCUT2D eigenvalue weighted by molar-refractivity contribution is 6.38. The SMILES string of the molecule is NC(=O)c1nc(-c2c(Cl)cccc2Cl)oc1Nc1ccc(C(=O)C[C@@H]2CCCNC2)cc1. The number of rotatable bonds is 7. The van der Waals surface area contributed by atoms with Gasteiger partial charge in [0.15, 0.2) is 11.5 Å². The number of anilines is 2. The minimum atomic E-state index is -0.765. The number of nitrogens with two attached hydrogens (primary N) is 1. The van der Waals surface area contributed by atoms with Gasteiger partial charge in [0.2, 0.25) is 11.8 Å². The molecule has 4 N–H and O–H groups in total. The molecule has 2 heterocycles. The molecule has 3 aromatic rings.